The molecule has 3 aromatic rings. The number of pyridine rings is 1. The molecular formula is C16H18N4S. The smallest absolute Gasteiger partial charge is 0.195 e. The van der Waals surface area contributed by atoms with Crippen molar-refractivity contribution >= 4 is 23.1 Å². The fourth-order valence-electron chi connectivity index (χ4n) is 2.33. The molecule has 0 radical (unpaired) electrons. The van der Waals surface area contributed by atoms with E-state index < -0.39 is 0 Å². The van der Waals surface area contributed by atoms with Crippen LogP contribution in [0, 0.1) is 4.77 Å². The largest absolute Gasteiger partial charge is 0.303 e. The SMILES string of the molecule is Cn1c(-c2cc(C(C)(C)C)nc3ccccc23)n[nH]c1=S. The first-order chi connectivity index (χ1) is 9.88. The van der Waals surface area contributed by atoms with E-state index in [1.165, 1.54) is 0 Å². The van der Waals surface area contributed by atoms with Crippen molar-refractivity contribution in [3.05, 3.63) is 40.8 Å². The minimum Gasteiger partial charge on any atom is -0.303 e. The van der Waals surface area contributed by atoms with E-state index in [-0.39, 0.29) is 5.41 Å². The Balaban J connectivity index is 2.40. The van der Waals surface area contributed by atoms with Gasteiger partial charge < -0.3 is 4.57 Å². The van der Waals surface area contributed by atoms with Gasteiger partial charge in [-0.15, -0.1) is 0 Å². The summed E-state index contributed by atoms with van der Waals surface area (Å²) in [6, 6.07) is 10.3. The van der Waals surface area contributed by atoms with Crippen molar-refractivity contribution in [2.45, 2.75) is 26.2 Å². The number of aromatic amines is 1. The van der Waals surface area contributed by atoms with E-state index in [1.807, 2.05) is 29.8 Å². The maximum Gasteiger partial charge on any atom is 0.195 e. The maximum atomic E-state index is 5.23. The van der Waals surface area contributed by atoms with E-state index in [1.54, 1.807) is 0 Å². The lowest BCUT2D eigenvalue weighted by Gasteiger charge is -2.19. The van der Waals surface area contributed by atoms with E-state index in [4.69, 9.17) is 17.2 Å². The fraction of sp³-hybridized carbons (Fsp3) is 0.312. The lowest BCUT2D eigenvalue weighted by atomic mass is 9.89. The van der Waals surface area contributed by atoms with Crippen molar-refractivity contribution in [1.29, 1.82) is 0 Å². The van der Waals surface area contributed by atoms with Crippen LogP contribution in [0.5, 0.6) is 0 Å². The Morgan fingerprint density at radius 3 is 2.52 bits per heavy atom. The molecule has 0 aliphatic rings. The van der Waals surface area contributed by atoms with Crippen LogP contribution in [-0.4, -0.2) is 19.7 Å². The second-order valence-electron chi connectivity index (χ2n) is 6.23. The first kappa shape index (κ1) is 13.9. The number of hydrogen-bond donors (Lipinski definition) is 1. The molecule has 1 N–H and O–H groups in total. The standard InChI is InChI=1S/C16H18N4S/c1-16(2,3)13-9-11(14-18-19-15(21)20(14)4)10-7-5-6-8-12(10)17-13/h5-9H,1-4H3,(H,19,21). The fourth-order valence-corrected chi connectivity index (χ4v) is 2.46. The first-order valence-electron chi connectivity index (χ1n) is 6.90. The summed E-state index contributed by atoms with van der Waals surface area (Å²) < 4.78 is 2.51. The maximum absolute atomic E-state index is 5.23. The molecule has 0 aliphatic heterocycles. The molecule has 0 aliphatic carbocycles. The molecule has 0 fully saturated rings. The molecule has 108 valence electrons. The number of H-pyrrole nitrogens is 1. The van der Waals surface area contributed by atoms with Gasteiger partial charge in [-0.1, -0.05) is 39.0 Å². The van der Waals surface area contributed by atoms with Gasteiger partial charge in [0.25, 0.3) is 0 Å². The molecule has 0 amide bonds. The van der Waals surface area contributed by atoms with Gasteiger partial charge in [0.15, 0.2) is 10.6 Å². The average molecular weight is 298 g/mol. The third-order valence-corrected chi connectivity index (χ3v) is 3.97. The zero-order valence-corrected chi connectivity index (χ0v) is 13.5. The number of benzene rings is 1. The Labute approximate surface area is 128 Å². The van der Waals surface area contributed by atoms with E-state index in [9.17, 15) is 0 Å². The number of rotatable bonds is 1. The summed E-state index contributed by atoms with van der Waals surface area (Å²) in [5.41, 5.74) is 3.06. The van der Waals surface area contributed by atoms with Crippen LogP contribution >= 0.6 is 12.2 Å². The molecule has 1 aromatic carbocycles. The normalized spacial score (nSPS) is 12.0. The third kappa shape index (κ3) is 2.38. The molecule has 0 bridgehead atoms. The molecule has 2 heterocycles. The van der Waals surface area contributed by atoms with Crippen LogP contribution in [0.1, 0.15) is 26.5 Å². The molecule has 0 atom stereocenters. The highest BCUT2D eigenvalue weighted by molar-refractivity contribution is 7.71. The molecular weight excluding hydrogens is 280 g/mol. The first-order valence-corrected chi connectivity index (χ1v) is 7.31. The number of nitrogens with one attached hydrogen (secondary N) is 1. The van der Waals surface area contributed by atoms with Crippen molar-refractivity contribution in [3.63, 3.8) is 0 Å². The van der Waals surface area contributed by atoms with Gasteiger partial charge in [-0.2, -0.15) is 5.10 Å². The number of para-hydroxylation sites is 1. The Hall–Kier alpha value is -2.01. The highest BCUT2D eigenvalue weighted by Crippen LogP contribution is 2.31. The van der Waals surface area contributed by atoms with Crippen molar-refractivity contribution < 1.29 is 0 Å². The van der Waals surface area contributed by atoms with Gasteiger partial charge in [-0.3, -0.25) is 10.1 Å². The van der Waals surface area contributed by atoms with Gasteiger partial charge in [0.2, 0.25) is 0 Å². The number of aromatic nitrogens is 4. The topological polar surface area (TPSA) is 46.5 Å². The van der Waals surface area contributed by atoms with Crippen LogP contribution < -0.4 is 0 Å². The summed E-state index contributed by atoms with van der Waals surface area (Å²) >= 11 is 5.23. The molecule has 3 rings (SSSR count). The zero-order chi connectivity index (χ0) is 15.2. The summed E-state index contributed by atoms with van der Waals surface area (Å²) in [6.07, 6.45) is 0. The van der Waals surface area contributed by atoms with Gasteiger partial charge in [0.1, 0.15) is 0 Å². The summed E-state index contributed by atoms with van der Waals surface area (Å²) in [4.78, 5) is 4.80. The van der Waals surface area contributed by atoms with E-state index in [0.29, 0.717) is 4.77 Å². The molecule has 4 nitrogen and oxygen atoms in total. The molecule has 0 saturated carbocycles. The molecule has 0 unspecified atom stereocenters. The highest BCUT2D eigenvalue weighted by atomic mass is 32.1. The van der Waals surface area contributed by atoms with Crippen LogP contribution in [0.15, 0.2) is 30.3 Å². The second-order valence-corrected chi connectivity index (χ2v) is 6.62. The predicted molar refractivity (Wildman–Crippen MR) is 87.8 cm³/mol. The molecule has 21 heavy (non-hydrogen) atoms. The molecule has 5 heteroatoms. The summed E-state index contributed by atoms with van der Waals surface area (Å²) in [5, 5.41) is 8.32. The van der Waals surface area contributed by atoms with Crippen LogP contribution in [0.25, 0.3) is 22.3 Å². The van der Waals surface area contributed by atoms with Crippen molar-refractivity contribution in [2.24, 2.45) is 7.05 Å². The Bertz CT molecular complexity index is 868. The predicted octanol–water partition coefficient (Wildman–Crippen LogP) is 3.99. The molecule has 0 spiro atoms. The van der Waals surface area contributed by atoms with Gasteiger partial charge in [0, 0.05) is 29.1 Å². The van der Waals surface area contributed by atoms with E-state index in [0.717, 1.165) is 28.0 Å². The summed E-state index contributed by atoms with van der Waals surface area (Å²) in [7, 11) is 1.92. The number of nitrogens with zero attached hydrogens (tertiary/aromatic N) is 3. The molecule has 0 saturated heterocycles. The highest BCUT2D eigenvalue weighted by Gasteiger charge is 2.20. The quantitative estimate of drug-likeness (QED) is 0.691. The van der Waals surface area contributed by atoms with E-state index in [2.05, 4.69) is 43.1 Å². The van der Waals surface area contributed by atoms with Crippen LogP contribution in [0.2, 0.25) is 0 Å². The molecule has 2 aromatic heterocycles. The third-order valence-electron chi connectivity index (χ3n) is 3.61. The Morgan fingerprint density at radius 1 is 1.19 bits per heavy atom. The van der Waals surface area contributed by atoms with Gasteiger partial charge in [-0.05, 0) is 24.4 Å². The lowest BCUT2D eigenvalue weighted by molar-refractivity contribution is 0.571. The monoisotopic (exact) mass is 298 g/mol. The van der Waals surface area contributed by atoms with Crippen LogP contribution in [0.3, 0.4) is 0 Å². The second kappa shape index (κ2) is 4.77. The lowest BCUT2D eigenvalue weighted by Crippen LogP contribution is -2.14. The van der Waals surface area contributed by atoms with Crippen LogP contribution in [0.4, 0.5) is 0 Å². The van der Waals surface area contributed by atoms with Gasteiger partial charge in [-0.25, -0.2) is 0 Å². The minimum atomic E-state index is -0.0234. The summed E-state index contributed by atoms with van der Waals surface area (Å²) in [5.74, 6) is 0.837. The number of fused-ring (bicyclic) bond motifs is 1. The van der Waals surface area contributed by atoms with Gasteiger partial charge >= 0.3 is 0 Å². The van der Waals surface area contributed by atoms with Crippen molar-refractivity contribution in [3.8, 4) is 11.4 Å². The Morgan fingerprint density at radius 2 is 1.90 bits per heavy atom. The average Bonchev–Trinajstić information content (AvgIpc) is 2.77. The summed E-state index contributed by atoms with van der Waals surface area (Å²) in [6.45, 7) is 6.49. The van der Waals surface area contributed by atoms with Crippen molar-refractivity contribution in [2.75, 3.05) is 0 Å². The zero-order valence-electron chi connectivity index (χ0n) is 12.6. The minimum absolute atomic E-state index is 0.0234. The number of hydrogen-bond acceptors (Lipinski definition) is 3. The Kier molecular flexibility index (Phi) is 3.17. The van der Waals surface area contributed by atoms with Crippen molar-refractivity contribution in [1.82, 2.24) is 19.7 Å². The van der Waals surface area contributed by atoms with Gasteiger partial charge in [0.05, 0.1) is 5.52 Å². The van der Waals surface area contributed by atoms with E-state index >= 15 is 0 Å². The van der Waals surface area contributed by atoms with Crippen LogP contribution in [-0.2, 0) is 12.5 Å².